The zero-order valence-electron chi connectivity index (χ0n) is 16.2. The largest absolute Gasteiger partial charge is 0.497 e. The minimum Gasteiger partial charge on any atom is -0.497 e. The summed E-state index contributed by atoms with van der Waals surface area (Å²) in [7, 11) is 3.16. The Kier molecular flexibility index (Phi) is 5.74. The average molecular weight is 378 g/mol. The lowest BCUT2D eigenvalue weighted by Gasteiger charge is -2.12. The zero-order chi connectivity index (χ0) is 20.1. The Morgan fingerprint density at radius 1 is 0.929 bits per heavy atom. The van der Waals surface area contributed by atoms with Crippen LogP contribution in [0, 0.1) is 13.8 Å². The molecule has 144 valence electrons. The molecule has 0 bridgehead atoms. The number of nitrogens with one attached hydrogen (secondary N) is 2. The number of aryl methyl sites for hydroxylation is 2. The first-order valence-corrected chi connectivity index (χ1v) is 8.70. The standard InChI is InChI=1S/C21H22N4O3/c1-13-5-6-15(9-14(13)2)24-21(26)18-11-20(23-12-22-18)25-17-8-7-16(27-3)10-19(17)28-4/h5-12H,1-4H3,(H,24,26)(H,22,23,25). The van der Waals surface area contributed by atoms with E-state index in [1.54, 1.807) is 32.4 Å². The third-order valence-electron chi connectivity index (χ3n) is 4.34. The Morgan fingerprint density at radius 2 is 1.75 bits per heavy atom. The van der Waals surface area contributed by atoms with Gasteiger partial charge < -0.3 is 20.1 Å². The number of rotatable bonds is 6. The maximum absolute atomic E-state index is 12.6. The molecule has 2 N–H and O–H groups in total. The lowest BCUT2D eigenvalue weighted by atomic mass is 10.1. The van der Waals surface area contributed by atoms with E-state index in [-0.39, 0.29) is 11.6 Å². The highest BCUT2D eigenvalue weighted by Crippen LogP contribution is 2.31. The average Bonchev–Trinajstić information content (AvgIpc) is 2.71. The number of carbonyl (C=O) groups excluding carboxylic acids is 1. The Hall–Kier alpha value is -3.61. The first-order chi connectivity index (χ1) is 13.5. The topological polar surface area (TPSA) is 85.4 Å². The van der Waals surface area contributed by atoms with Crippen LogP contribution in [-0.2, 0) is 0 Å². The van der Waals surface area contributed by atoms with Crippen molar-refractivity contribution >= 4 is 23.1 Å². The molecule has 1 amide bonds. The van der Waals surface area contributed by atoms with Crippen LogP contribution in [0.15, 0.2) is 48.8 Å². The normalized spacial score (nSPS) is 10.3. The number of amides is 1. The molecule has 28 heavy (non-hydrogen) atoms. The van der Waals surface area contributed by atoms with Gasteiger partial charge in [0.25, 0.3) is 5.91 Å². The molecule has 3 aromatic rings. The molecular formula is C21H22N4O3. The van der Waals surface area contributed by atoms with Crippen LogP contribution in [0.2, 0.25) is 0 Å². The number of ether oxygens (including phenoxy) is 2. The summed E-state index contributed by atoms with van der Waals surface area (Å²) >= 11 is 0. The molecule has 7 nitrogen and oxygen atoms in total. The highest BCUT2D eigenvalue weighted by molar-refractivity contribution is 6.03. The van der Waals surface area contributed by atoms with Gasteiger partial charge in [-0.2, -0.15) is 0 Å². The third kappa shape index (κ3) is 4.37. The molecule has 0 aliphatic heterocycles. The van der Waals surface area contributed by atoms with Gasteiger partial charge in [0.05, 0.1) is 19.9 Å². The number of hydrogen-bond acceptors (Lipinski definition) is 6. The third-order valence-corrected chi connectivity index (χ3v) is 4.34. The number of hydrogen-bond donors (Lipinski definition) is 2. The van der Waals surface area contributed by atoms with E-state index in [0.717, 1.165) is 11.3 Å². The first kappa shape index (κ1) is 19.2. The SMILES string of the molecule is COc1ccc(Nc2cc(C(=O)Nc3ccc(C)c(C)c3)ncn2)c(OC)c1. The van der Waals surface area contributed by atoms with E-state index >= 15 is 0 Å². The van der Waals surface area contributed by atoms with Crippen molar-refractivity contribution in [3.63, 3.8) is 0 Å². The molecular weight excluding hydrogens is 356 g/mol. The summed E-state index contributed by atoms with van der Waals surface area (Å²) in [4.78, 5) is 20.8. The van der Waals surface area contributed by atoms with Crippen LogP contribution < -0.4 is 20.1 Å². The van der Waals surface area contributed by atoms with E-state index < -0.39 is 0 Å². The van der Waals surface area contributed by atoms with Gasteiger partial charge in [-0.1, -0.05) is 6.07 Å². The Balaban J connectivity index is 1.78. The fraction of sp³-hybridized carbons (Fsp3) is 0.190. The van der Waals surface area contributed by atoms with Crippen molar-refractivity contribution in [2.45, 2.75) is 13.8 Å². The van der Waals surface area contributed by atoms with E-state index in [9.17, 15) is 4.79 Å². The van der Waals surface area contributed by atoms with Gasteiger partial charge in [0, 0.05) is 17.8 Å². The second-order valence-electron chi connectivity index (χ2n) is 6.23. The van der Waals surface area contributed by atoms with Crippen LogP contribution in [0.4, 0.5) is 17.2 Å². The summed E-state index contributed by atoms with van der Waals surface area (Å²) in [6.45, 7) is 4.02. The quantitative estimate of drug-likeness (QED) is 0.671. The number of nitrogens with zero attached hydrogens (tertiary/aromatic N) is 2. The van der Waals surface area contributed by atoms with E-state index in [4.69, 9.17) is 9.47 Å². The molecule has 1 aromatic heterocycles. The molecule has 0 atom stereocenters. The summed E-state index contributed by atoms with van der Waals surface area (Å²) in [5, 5.41) is 6.00. The van der Waals surface area contributed by atoms with Gasteiger partial charge in [-0.05, 0) is 49.2 Å². The Morgan fingerprint density at radius 3 is 2.46 bits per heavy atom. The van der Waals surface area contributed by atoms with Crippen molar-refractivity contribution in [2.24, 2.45) is 0 Å². The predicted octanol–water partition coefficient (Wildman–Crippen LogP) is 4.11. The maximum Gasteiger partial charge on any atom is 0.274 e. The summed E-state index contributed by atoms with van der Waals surface area (Å²) in [5.41, 5.74) is 3.94. The molecule has 0 fully saturated rings. The Labute approximate surface area is 163 Å². The number of anilines is 3. The minimum absolute atomic E-state index is 0.253. The molecule has 0 aliphatic carbocycles. The molecule has 0 radical (unpaired) electrons. The second kappa shape index (κ2) is 8.39. The van der Waals surface area contributed by atoms with E-state index in [1.807, 2.05) is 38.1 Å². The van der Waals surface area contributed by atoms with E-state index in [0.29, 0.717) is 23.0 Å². The Bertz CT molecular complexity index is 1000. The number of methoxy groups -OCH3 is 2. The van der Waals surface area contributed by atoms with Crippen LogP contribution in [0.5, 0.6) is 11.5 Å². The van der Waals surface area contributed by atoms with E-state index in [1.165, 1.54) is 11.9 Å². The van der Waals surface area contributed by atoms with Gasteiger partial charge >= 0.3 is 0 Å². The summed E-state index contributed by atoms with van der Waals surface area (Å²) in [6.07, 6.45) is 1.34. The van der Waals surface area contributed by atoms with Crippen molar-refractivity contribution in [1.82, 2.24) is 9.97 Å². The van der Waals surface area contributed by atoms with Crippen LogP contribution >= 0.6 is 0 Å². The fourth-order valence-electron chi connectivity index (χ4n) is 2.60. The first-order valence-electron chi connectivity index (χ1n) is 8.70. The second-order valence-corrected chi connectivity index (χ2v) is 6.23. The van der Waals surface area contributed by atoms with E-state index in [2.05, 4.69) is 20.6 Å². The minimum atomic E-state index is -0.310. The van der Waals surface area contributed by atoms with Gasteiger partial charge in [-0.15, -0.1) is 0 Å². The molecule has 0 aliphatic rings. The van der Waals surface area contributed by atoms with Crippen molar-refractivity contribution in [3.8, 4) is 11.5 Å². The van der Waals surface area contributed by atoms with Crippen LogP contribution in [-0.4, -0.2) is 30.1 Å². The predicted molar refractivity (Wildman–Crippen MR) is 109 cm³/mol. The molecule has 7 heteroatoms. The van der Waals surface area contributed by atoms with Crippen LogP contribution in [0.1, 0.15) is 21.6 Å². The summed E-state index contributed by atoms with van der Waals surface area (Å²) < 4.78 is 10.6. The fourth-order valence-corrected chi connectivity index (χ4v) is 2.60. The number of benzene rings is 2. The highest BCUT2D eigenvalue weighted by atomic mass is 16.5. The van der Waals surface area contributed by atoms with Crippen LogP contribution in [0.25, 0.3) is 0 Å². The monoisotopic (exact) mass is 378 g/mol. The molecule has 3 rings (SSSR count). The van der Waals surface area contributed by atoms with Gasteiger partial charge in [0.15, 0.2) is 0 Å². The van der Waals surface area contributed by atoms with Crippen molar-refractivity contribution in [1.29, 1.82) is 0 Å². The van der Waals surface area contributed by atoms with Crippen molar-refractivity contribution < 1.29 is 14.3 Å². The molecule has 1 heterocycles. The van der Waals surface area contributed by atoms with Gasteiger partial charge in [0.1, 0.15) is 29.3 Å². The lowest BCUT2D eigenvalue weighted by Crippen LogP contribution is -2.14. The molecule has 0 saturated heterocycles. The smallest absolute Gasteiger partial charge is 0.274 e. The highest BCUT2D eigenvalue weighted by Gasteiger charge is 2.11. The molecule has 0 unspecified atom stereocenters. The van der Waals surface area contributed by atoms with Crippen LogP contribution in [0.3, 0.4) is 0 Å². The van der Waals surface area contributed by atoms with Gasteiger partial charge in [0.2, 0.25) is 0 Å². The molecule has 2 aromatic carbocycles. The zero-order valence-corrected chi connectivity index (χ0v) is 16.2. The lowest BCUT2D eigenvalue weighted by molar-refractivity contribution is 0.102. The number of carbonyl (C=O) groups is 1. The maximum atomic E-state index is 12.6. The van der Waals surface area contributed by atoms with Crippen molar-refractivity contribution in [2.75, 3.05) is 24.9 Å². The van der Waals surface area contributed by atoms with Gasteiger partial charge in [-0.25, -0.2) is 9.97 Å². The molecule has 0 spiro atoms. The number of aromatic nitrogens is 2. The summed E-state index contributed by atoms with van der Waals surface area (Å²) in [5.74, 6) is 1.44. The van der Waals surface area contributed by atoms with Gasteiger partial charge in [-0.3, -0.25) is 4.79 Å². The van der Waals surface area contributed by atoms with Crippen molar-refractivity contribution in [3.05, 3.63) is 65.6 Å². The molecule has 0 saturated carbocycles. The summed E-state index contributed by atoms with van der Waals surface area (Å²) in [6, 6.07) is 12.7.